The van der Waals surface area contributed by atoms with Gasteiger partial charge in [-0.1, -0.05) is 88.4 Å². The van der Waals surface area contributed by atoms with Gasteiger partial charge in [-0.2, -0.15) is 4.68 Å². The van der Waals surface area contributed by atoms with Gasteiger partial charge in [-0.3, -0.25) is 0 Å². The number of aryl methyl sites for hydroxylation is 2. The van der Waals surface area contributed by atoms with Gasteiger partial charge in [0, 0.05) is 23.6 Å². The fourth-order valence-corrected chi connectivity index (χ4v) is 3.98. The summed E-state index contributed by atoms with van der Waals surface area (Å²) in [5.41, 5.74) is 3.99. The lowest BCUT2D eigenvalue weighted by Gasteiger charge is -2.07. The quantitative estimate of drug-likeness (QED) is 0.257. The van der Waals surface area contributed by atoms with Crippen LogP contribution in [0.4, 0.5) is 0 Å². The van der Waals surface area contributed by atoms with E-state index in [4.69, 9.17) is 11.6 Å². The molecular formula is C24H38ClN2+. The molecule has 0 aliphatic carbocycles. The third-order valence-corrected chi connectivity index (χ3v) is 5.74. The maximum absolute atomic E-state index is 6.02. The molecule has 0 saturated heterocycles. The van der Waals surface area contributed by atoms with Crippen molar-refractivity contribution in [2.75, 3.05) is 0 Å². The van der Waals surface area contributed by atoms with Crippen LogP contribution in [0.5, 0.6) is 0 Å². The average Bonchev–Trinajstić information content (AvgIpc) is 2.92. The second kappa shape index (κ2) is 12.2. The van der Waals surface area contributed by atoms with Gasteiger partial charge in [0.05, 0.1) is 12.2 Å². The van der Waals surface area contributed by atoms with E-state index < -0.39 is 0 Å². The van der Waals surface area contributed by atoms with Crippen LogP contribution in [0.25, 0.3) is 0 Å². The summed E-state index contributed by atoms with van der Waals surface area (Å²) >= 11 is 6.02. The number of halogens is 1. The molecule has 0 aliphatic rings. The van der Waals surface area contributed by atoms with E-state index in [1.165, 1.54) is 81.2 Å². The third kappa shape index (κ3) is 7.70. The summed E-state index contributed by atoms with van der Waals surface area (Å²) in [4.78, 5) is 0. The summed E-state index contributed by atoms with van der Waals surface area (Å²) in [6, 6.07) is 10.5. The Morgan fingerprint density at radius 1 is 0.815 bits per heavy atom. The number of unbranched alkanes of at least 4 members (excludes halogenated alkanes) is 9. The molecule has 150 valence electrons. The highest BCUT2D eigenvalue weighted by molar-refractivity contribution is 6.30. The highest BCUT2D eigenvalue weighted by Gasteiger charge is 2.17. The number of rotatable bonds is 13. The molecule has 0 atom stereocenters. The van der Waals surface area contributed by atoms with Gasteiger partial charge >= 0.3 is 0 Å². The molecule has 0 unspecified atom stereocenters. The summed E-state index contributed by atoms with van der Waals surface area (Å²) in [5.74, 6) is 0. The predicted molar refractivity (Wildman–Crippen MR) is 116 cm³/mol. The fourth-order valence-electron chi connectivity index (χ4n) is 3.85. The van der Waals surface area contributed by atoms with Gasteiger partial charge in [-0.15, -0.1) is 4.68 Å². The maximum Gasteiger partial charge on any atom is 0.205 e. The molecule has 3 heteroatoms. The van der Waals surface area contributed by atoms with Crippen molar-refractivity contribution in [3.05, 3.63) is 52.3 Å². The van der Waals surface area contributed by atoms with E-state index >= 15 is 0 Å². The number of hydrogen-bond donors (Lipinski definition) is 0. The number of benzene rings is 1. The number of hydrogen-bond acceptors (Lipinski definition) is 0. The molecule has 0 amide bonds. The normalized spacial score (nSPS) is 11.3. The van der Waals surface area contributed by atoms with Gasteiger partial charge in [-0.25, -0.2) is 0 Å². The highest BCUT2D eigenvalue weighted by Crippen LogP contribution is 2.13. The Morgan fingerprint density at radius 2 is 1.37 bits per heavy atom. The van der Waals surface area contributed by atoms with Gasteiger partial charge in [-0.05, 0) is 25.5 Å². The Balaban J connectivity index is 1.74. The zero-order valence-electron chi connectivity index (χ0n) is 17.6. The second-order valence-corrected chi connectivity index (χ2v) is 8.35. The van der Waals surface area contributed by atoms with Crippen molar-refractivity contribution in [2.45, 2.75) is 98.1 Å². The first kappa shape index (κ1) is 22.0. The van der Waals surface area contributed by atoms with Crippen LogP contribution in [-0.4, -0.2) is 4.68 Å². The van der Waals surface area contributed by atoms with E-state index in [0.29, 0.717) is 0 Å². The fraction of sp³-hybridized carbons (Fsp3) is 0.625. The highest BCUT2D eigenvalue weighted by atomic mass is 35.5. The van der Waals surface area contributed by atoms with Gasteiger partial charge in [0.2, 0.25) is 5.69 Å². The van der Waals surface area contributed by atoms with Gasteiger partial charge < -0.3 is 0 Å². The van der Waals surface area contributed by atoms with Gasteiger partial charge in [0.15, 0.2) is 6.54 Å². The van der Waals surface area contributed by atoms with Crippen LogP contribution < -0.4 is 4.68 Å². The van der Waals surface area contributed by atoms with Gasteiger partial charge in [0.1, 0.15) is 0 Å². The molecular weight excluding hydrogens is 352 g/mol. The zero-order valence-corrected chi connectivity index (χ0v) is 18.4. The first-order chi connectivity index (χ1) is 13.1. The van der Waals surface area contributed by atoms with Crippen LogP contribution in [0, 0.1) is 13.8 Å². The lowest BCUT2D eigenvalue weighted by atomic mass is 10.1. The molecule has 1 heterocycles. The van der Waals surface area contributed by atoms with E-state index in [0.717, 1.165) is 18.1 Å². The van der Waals surface area contributed by atoms with Crippen LogP contribution in [0.15, 0.2) is 30.3 Å². The smallest absolute Gasteiger partial charge is 0.158 e. The van der Waals surface area contributed by atoms with Crippen molar-refractivity contribution in [3.63, 3.8) is 0 Å². The van der Waals surface area contributed by atoms with Crippen molar-refractivity contribution in [2.24, 2.45) is 0 Å². The monoisotopic (exact) mass is 389 g/mol. The minimum atomic E-state index is 0.803. The van der Waals surface area contributed by atoms with E-state index in [9.17, 15) is 0 Å². The van der Waals surface area contributed by atoms with Crippen LogP contribution in [0.3, 0.4) is 0 Å². The van der Waals surface area contributed by atoms with Crippen molar-refractivity contribution in [1.29, 1.82) is 0 Å². The molecule has 0 N–H and O–H groups in total. The Labute approximate surface area is 171 Å². The topological polar surface area (TPSA) is 8.81 Å². The van der Waals surface area contributed by atoms with Gasteiger partial charge in [0.25, 0.3) is 0 Å². The second-order valence-electron chi connectivity index (χ2n) is 7.92. The van der Waals surface area contributed by atoms with Crippen molar-refractivity contribution < 1.29 is 4.68 Å². The summed E-state index contributed by atoms with van der Waals surface area (Å²) in [5, 5.41) is 0.803. The standard InChI is InChI=1S/C24H38ClN2/c1-4-5-6-7-8-9-10-11-12-13-18-26-21(2)19-22(3)27(26)20-23-14-16-24(25)17-15-23/h14-17,19H,4-13,18,20H2,1-3H3/q+1. The largest absolute Gasteiger partial charge is 0.205 e. The predicted octanol–water partition coefficient (Wildman–Crippen LogP) is 7.02. The third-order valence-electron chi connectivity index (χ3n) is 5.49. The summed E-state index contributed by atoms with van der Waals surface area (Å²) in [6.45, 7) is 8.74. The molecule has 2 aromatic rings. The Morgan fingerprint density at radius 3 is 1.96 bits per heavy atom. The molecule has 27 heavy (non-hydrogen) atoms. The Hall–Kier alpha value is -1.28. The Bertz CT molecular complexity index is 658. The summed E-state index contributed by atoms with van der Waals surface area (Å²) in [6.07, 6.45) is 13.8. The van der Waals surface area contributed by atoms with Crippen molar-refractivity contribution >= 4 is 11.6 Å². The molecule has 0 bridgehead atoms. The molecule has 0 aliphatic heterocycles. The molecule has 0 radical (unpaired) electrons. The molecule has 2 rings (SSSR count). The maximum atomic E-state index is 6.02. The molecule has 0 spiro atoms. The van der Waals surface area contributed by atoms with Crippen LogP contribution in [0.1, 0.15) is 88.1 Å². The van der Waals surface area contributed by atoms with Crippen molar-refractivity contribution in [1.82, 2.24) is 4.68 Å². The van der Waals surface area contributed by atoms with E-state index in [1.54, 1.807) is 0 Å². The molecule has 1 aromatic heterocycles. The molecule has 0 fully saturated rings. The average molecular weight is 390 g/mol. The Kier molecular flexibility index (Phi) is 9.97. The SMILES string of the molecule is CCCCCCCCCCCCn1c(C)cc(C)[n+]1Cc1ccc(Cl)cc1. The molecule has 1 aromatic carbocycles. The van der Waals surface area contributed by atoms with Crippen LogP contribution >= 0.6 is 11.6 Å². The molecule has 0 saturated carbocycles. The first-order valence-corrected chi connectivity index (χ1v) is 11.3. The van der Waals surface area contributed by atoms with Crippen LogP contribution in [-0.2, 0) is 13.1 Å². The summed E-state index contributed by atoms with van der Waals surface area (Å²) in [7, 11) is 0. The zero-order chi connectivity index (χ0) is 19.5. The van der Waals surface area contributed by atoms with Crippen molar-refractivity contribution in [3.8, 4) is 0 Å². The minimum Gasteiger partial charge on any atom is -0.158 e. The molecule has 2 nitrogen and oxygen atoms in total. The first-order valence-electron chi connectivity index (χ1n) is 10.9. The van der Waals surface area contributed by atoms with E-state index in [2.05, 4.69) is 48.3 Å². The van der Waals surface area contributed by atoms with E-state index in [1.807, 2.05) is 12.1 Å². The van der Waals surface area contributed by atoms with E-state index in [-0.39, 0.29) is 0 Å². The summed E-state index contributed by atoms with van der Waals surface area (Å²) < 4.78 is 4.86. The lowest BCUT2D eigenvalue weighted by molar-refractivity contribution is -0.773. The number of aromatic nitrogens is 2. The number of nitrogens with zero attached hydrogens (tertiary/aromatic N) is 2. The lowest BCUT2D eigenvalue weighted by Crippen LogP contribution is -2.46. The van der Waals surface area contributed by atoms with Crippen LogP contribution in [0.2, 0.25) is 5.02 Å². The minimum absolute atomic E-state index is 0.803.